The number of alkyl carbamates (subject to hydrolysis) is 1. The minimum atomic E-state index is -0.365. The lowest BCUT2D eigenvalue weighted by Crippen LogP contribution is -2.15. The molecule has 1 aliphatic heterocycles. The zero-order valence-electron chi connectivity index (χ0n) is 4.19. The third kappa shape index (κ3) is 1.04. The molecule has 1 aliphatic rings. The topological polar surface area (TPSA) is 38.3 Å². The number of nitrogens with one attached hydrogen (secondary N) is 1. The fourth-order valence-electron chi connectivity index (χ4n) is 0.518. The Kier molecular flexibility index (Phi) is 1.58. The van der Waals surface area contributed by atoms with Crippen LogP contribution in [0.3, 0.4) is 0 Å². The molecule has 0 aromatic heterocycles. The molecule has 1 saturated heterocycles. The van der Waals surface area contributed by atoms with Crippen LogP contribution in [-0.2, 0) is 4.74 Å². The van der Waals surface area contributed by atoms with Gasteiger partial charge in [0, 0.05) is 0 Å². The van der Waals surface area contributed by atoms with E-state index >= 15 is 0 Å². The van der Waals surface area contributed by atoms with Crippen LogP contribution in [0.4, 0.5) is 4.79 Å². The second-order valence-electron chi connectivity index (χ2n) is 1.56. The van der Waals surface area contributed by atoms with Gasteiger partial charge in [0.2, 0.25) is 0 Å². The first-order valence-corrected chi connectivity index (χ1v) is 2.87. The van der Waals surface area contributed by atoms with E-state index in [-0.39, 0.29) is 12.2 Å². The second-order valence-corrected chi connectivity index (χ2v) is 1.87. The number of hydrogen-bond acceptors (Lipinski definition) is 2. The molecule has 0 radical (unpaired) electrons. The maximum Gasteiger partial charge on any atom is 0.407 e. The molecule has 1 heterocycles. The van der Waals surface area contributed by atoms with Crippen molar-refractivity contribution in [1.29, 1.82) is 0 Å². The van der Waals surface area contributed by atoms with Crippen molar-refractivity contribution in [2.24, 2.45) is 0 Å². The zero-order chi connectivity index (χ0) is 5.98. The maximum atomic E-state index is 10.2. The zero-order valence-corrected chi connectivity index (χ0v) is 4.94. The van der Waals surface area contributed by atoms with Crippen LogP contribution < -0.4 is 5.32 Å². The lowest BCUT2D eigenvalue weighted by molar-refractivity contribution is 0.149. The van der Waals surface area contributed by atoms with Crippen LogP contribution in [0.15, 0.2) is 0 Å². The molecule has 0 spiro atoms. The number of hydrogen-bond donors (Lipinski definition) is 1. The van der Waals surface area contributed by atoms with Gasteiger partial charge in [-0.2, -0.15) is 0 Å². The van der Waals surface area contributed by atoms with Crippen LogP contribution in [0.1, 0.15) is 0 Å². The van der Waals surface area contributed by atoms with Crippen LogP contribution >= 0.6 is 11.6 Å². The summed E-state index contributed by atoms with van der Waals surface area (Å²) in [7, 11) is 0. The predicted molar refractivity (Wildman–Crippen MR) is 29.0 cm³/mol. The summed E-state index contributed by atoms with van der Waals surface area (Å²) in [4.78, 5) is 10.2. The van der Waals surface area contributed by atoms with Gasteiger partial charge in [-0.3, -0.25) is 0 Å². The first-order chi connectivity index (χ1) is 3.83. The predicted octanol–water partition coefficient (Wildman–Crippen LogP) is 0.334. The van der Waals surface area contributed by atoms with Crippen molar-refractivity contribution in [3.05, 3.63) is 0 Å². The third-order valence-electron chi connectivity index (χ3n) is 0.920. The van der Waals surface area contributed by atoms with Crippen LogP contribution in [0.25, 0.3) is 0 Å². The van der Waals surface area contributed by atoms with Gasteiger partial charge >= 0.3 is 6.09 Å². The molecule has 0 aliphatic carbocycles. The molecule has 0 saturated carbocycles. The van der Waals surface area contributed by atoms with E-state index in [9.17, 15) is 4.79 Å². The summed E-state index contributed by atoms with van der Waals surface area (Å²) in [6.45, 7) is 0.544. The van der Waals surface area contributed by atoms with Crippen molar-refractivity contribution < 1.29 is 9.53 Å². The van der Waals surface area contributed by atoms with Crippen LogP contribution in [-0.4, -0.2) is 24.6 Å². The standard InChI is InChI=1S/C4H6ClNO2/c5-1-3-2-6-4(7)8-3/h3H,1-2H2,(H,6,7)/t3-/m1/s1. The van der Waals surface area contributed by atoms with Crippen molar-refractivity contribution >= 4 is 17.7 Å². The molecule has 8 heavy (non-hydrogen) atoms. The van der Waals surface area contributed by atoms with Gasteiger partial charge in [-0.25, -0.2) is 4.79 Å². The van der Waals surface area contributed by atoms with Crippen molar-refractivity contribution in [2.75, 3.05) is 12.4 Å². The van der Waals surface area contributed by atoms with Gasteiger partial charge in [-0.15, -0.1) is 11.6 Å². The molecule has 0 bridgehead atoms. The maximum absolute atomic E-state index is 10.2. The van der Waals surface area contributed by atoms with E-state index in [1.165, 1.54) is 0 Å². The van der Waals surface area contributed by atoms with Crippen LogP contribution in [0.2, 0.25) is 0 Å². The van der Waals surface area contributed by atoms with Crippen molar-refractivity contribution in [3.8, 4) is 0 Å². The molecule has 1 fully saturated rings. The summed E-state index contributed by atoms with van der Waals surface area (Å²) in [5.74, 6) is 0.374. The average Bonchev–Trinajstić information content (AvgIpc) is 2.14. The molecule has 1 rings (SSSR count). The van der Waals surface area contributed by atoms with Gasteiger partial charge in [-0.05, 0) is 0 Å². The molecular formula is C4H6ClNO2. The summed E-state index contributed by atoms with van der Waals surface area (Å²) in [5.41, 5.74) is 0. The number of amides is 1. The average molecular weight is 136 g/mol. The van der Waals surface area contributed by atoms with Gasteiger partial charge in [0.1, 0.15) is 6.10 Å². The normalized spacial score (nSPS) is 27.1. The van der Waals surface area contributed by atoms with Gasteiger partial charge in [0.15, 0.2) is 0 Å². The lowest BCUT2D eigenvalue weighted by atomic mass is 10.4. The van der Waals surface area contributed by atoms with E-state index < -0.39 is 0 Å². The molecule has 0 unspecified atom stereocenters. The van der Waals surface area contributed by atoms with E-state index in [1.807, 2.05) is 0 Å². The number of carbonyl (C=O) groups is 1. The van der Waals surface area contributed by atoms with E-state index in [2.05, 4.69) is 10.1 Å². The van der Waals surface area contributed by atoms with Crippen molar-refractivity contribution in [2.45, 2.75) is 6.10 Å². The Morgan fingerprint density at radius 3 is 3.00 bits per heavy atom. The van der Waals surface area contributed by atoms with E-state index in [1.54, 1.807) is 0 Å². The minimum Gasteiger partial charge on any atom is -0.443 e. The smallest absolute Gasteiger partial charge is 0.407 e. The highest BCUT2D eigenvalue weighted by Gasteiger charge is 2.20. The number of ether oxygens (including phenoxy) is 1. The highest BCUT2D eigenvalue weighted by atomic mass is 35.5. The Morgan fingerprint density at radius 1 is 2.00 bits per heavy atom. The molecule has 46 valence electrons. The van der Waals surface area contributed by atoms with Crippen LogP contribution in [0.5, 0.6) is 0 Å². The fraction of sp³-hybridized carbons (Fsp3) is 0.750. The van der Waals surface area contributed by atoms with E-state index in [0.29, 0.717) is 12.4 Å². The summed E-state index contributed by atoms with van der Waals surface area (Å²) in [5, 5.41) is 2.47. The van der Waals surface area contributed by atoms with Crippen LogP contribution in [0, 0.1) is 0 Å². The molecule has 1 amide bonds. The molecule has 0 aromatic rings. The van der Waals surface area contributed by atoms with Gasteiger partial charge < -0.3 is 10.1 Å². The third-order valence-corrected chi connectivity index (χ3v) is 1.26. The van der Waals surface area contributed by atoms with E-state index in [0.717, 1.165) is 0 Å². The Balaban J connectivity index is 2.32. The largest absolute Gasteiger partial charge is 0.443 e. The van der Waals surface area contributed by atoms with Gasteiger partial charge in [-0.1, -0.05) is 0 Å². The summed E-state index contributed by atoms with van der Waals surface area (Å²) >= 11 is 5.36. The number of carbonyl (C=O) groups excluding carboxylic acids is 1. The summed E-state index contributed by atoms with van der Waals surface area (Å²) in [6, 6.07) is 0. The first kappa shape index (κ1) is 5.69. The van der Waals surface area contributed by atoms with Gasteiger partial charge in [0.05, 0.1) is 12.4 Å². The lowest BCUT2D eigenvalue weighted by Gasteiger charge is -1.97. The molecule has 3 nitrogen and oxygen atoms in total. The first-order valence-electron chi connectivity index (χ1n) is 2.33. The summed E-state index contributed by atoms with van der Waals surface area (Å²) in [6.07, 6.45) is -0.486. The van der Waals surface area contributed by atoms with Crippen molar-refractivity contribution in [3.63, 3.8) is 0 Å². The molecular weight excluding hydrogens is 130 g/mol. The number of rotatable bonds is 1. The van der Waals surface area contributed by atoms with Crippen molar-refractivity contribution in [1.82, 2.24) is 5.32 Å². The monoisotopic (exact) mass is 135 g/mol. The Hall–Kier alpha value is -0.440. The second kappa shape index (κ2) is 2.22. The molecule has 1 N–H and O–H groups in total. The minimum absolute atomic E-state index is 0.121. The van der Waals surface area contributed by atoms with E-state index in [4.69, 9.17) is 11.6 Å². The van der Waals surface area contributed by atoms with Gasteiger partial charge in [0.25, 0.3) is 0 Å². The molecule has 1 atom stereocenters. The Labute approximate surface area is 52.0 Å². The number of cyclic esters (lactones) is 1. The SMILES string of the molecule is O=C1NC[C@@H](CCl)O1. The fourth-order valence-corrected chi connectivity index (χ4v) is 0.690. The number of alkyl halides is 1. The summed E-state index contributed by atoms with van der Waals surface area (Å²) < 4.78 is 4.63. The highest BCUT2D eigenvalue weighted by molar-refractivity contribution is 6.18. The Morgan fingerprint density at radius 2 is 2.75 bits per heavy atom. The Bertz CT molecular complexity index is 106. The highest BCUT2D eigenvalue weighted by Crippen LogP contribution is 2.00. The number of halogens is 1. The quantitative estimate of drug-likeness (QED) is 0.527. The molecule has 4 heteroatoms. The molecule has 0 aromatic carbocycles.